The van der Waals surface area contributed by atoms with Crippen LogP contribution in [0.2, 0.25) is 0 Å². The second-order valence-electron chi connectivity index (χ2n) is 8.83. The summed E-state index contributed by atoms with van der Waals surface area (Å²) in [6.45, 7) is 1.33. The fraction of sp³-hybridized carbons (Fsp3) is 0.250. The van der Waals surface area contributed by atoms with Crippen molar-refractivity contribution in [1.82, 2.24) is 10.2 Å². The summed E-state index contributed by atoms with van der Waals surface area (Å²) in [5.41, 5.74) is 3.56. The Hall–Kier alpha value is -4.13. The molecule has 2 aliphatic rings. The van der Waals surface area contributed by atoms with Crippen LogP contribution in [-0.2, 0) is 17.9 Å². The van der Waals surface area contributed by atoms with Crippen LogP contribution in [0.5, 0.6) is 5.75 Å². The maximum atomic E-state index is 13.4. The van der Waals surface area contributed by atoms with Crippen molar-refractivity contribution in [1.29, 1.82) is 0 Å². The number of para-hydroxylation sites is 1. The highest BCUT2D eigenvalue weighted by Crippen LogP contribution is 2.33. The first-order chi connectivity index (χ1) is 17.0. The van der Waals surface area contributed by atoms with Gasteiger partial charge in [0, 0.05) is 18.7 Å². The van der Waals surface area contributed by atoms with Crippen LogP contribution in [0.15, 0.2) is 72.8 Å². The van der Waals surface area contributed by atoms with Crippen LogP contribution >= 0.6 is 0 Å². The quantitative estimate of drug-likeness (QED) is 0.596. The van der Waals surface area contributed by atoms with E-state index in [2.05, 4.69) is 5.32 Å². The van der Waals surface area contributed by atoms with Gasteiger partial charge in [0.25, 0.3) is 11.8 Å². The zero-order chi connectivity index (χ0) is 24.4. The highest BCUT2D eigenvalue weighted by atomic mass is 16.5. The predicted octanol–water partition coefficient (Wildman–Crippen LogP) is 3.78. The average molecular weight is 470 g/mol. The van der Waals surface area contributed by atoms with Gasteiger partial charge in [0.15, 0.2) is 0 Å². The number of methoxy groups -OCH3 is 1. The molecule has 7 nitrogen and oxygen atoms in total. The molecule has 0 bridgehead atoms. The van der Waals surface area contributed by atoms with Crippen molar-refractivity contribution in [2.24, 2.45) is 0 Å². The van der Waals surface area contributed by atoms with Gasteiger partial charge in [-0.2, -0.15) is 0 Å². The molecule has 1 N–H and O–H groups in total. The molecule has 3 aromatic carbocycles. The molecule has 0 radical (unpaired) electrons. The molecule has 1 atom stereocenters. The monoisotopic (exact) mass is 469 g/mol. The van der Waals surface area contributed by atoms with Crippen LogP contribution in [0, 0.1) is 0 Å². The maximum Gasteiger partial charge on any atom is 0.256 e. The van der Waals surface area contributed by atoms with E-state index in [-0.39, 0.29) is 17.7 Å². The van der Waals surface area contributed by atoms with Crippen molar-refractivity contribution in [3.8, 4) is 5.75 Å². The van der Waals surface area contributed by atoms with Crippen LogP contribution in [0.4, 0.5) is 5.69 Å². The molecule has 7 heteroatoms. The molecule has 3 aromatic rings. The number of rotatable bonds is 6. The van der Waals surface area contributed by atoms with E-state index in [1.807, 2.05) is 54.6 Å². The third-order valence-corrected chi connectivity index (χ3v) is 6.63. The third kappa shape index (κ3) is 4.49. The lowest BCUT2D eigenvalue weighted by molar-refractivity contribution is -0.122. The summed E-state index contributed by atoms with van der Waals surface area (Å²) >= 11 is 0. The van der Waals surface area contributed by atoms with E-state index in [4.69, 9.17) is 4.74 Å². The van der Waals surface area contributed by atoms with Gasteiger partial charge in [-0.1, -0.05) is 36.4 Å². The van der Waals surface area contributed by atoms with Crippen LogP contribution in [0.1, 0.15) is 44.7 Å². The van der Waals surface area contributed by atoms with Crippen molar-refractivity contribution < 1.29 is 19.1 Å². The van der Waals surface area contributed by atoms with Crippen molar-refractivity contribution in [3.05, 3.63) is 95.1 Å². The van der Waals surface area contributed by atoms with E-state index in [0.29, 0.717) is 42.9 Å². The number of carbonyl (C=O) groups is 3. The van der Waals surface area contributed by atoms with Gasteiger partial charge in [-0.3, -0.25) is 14.4 Å². The fourth-order valence-electron chi connectivity index (χ4n) is 4.78. The number of nitrogens with one attached hydrogen (secondary N) is 1. The first-order valence-corrected chi connectivity index (χ1v) is 11.8. The number of nitrogens with zero attached hydrogens (tertiary/aromatic N) is 2. The Morgan fingerprint density at radius 3 is 2.60 bits per heavy atom. The Morgan fingerprint density at radius 1 is 1.00 bits per heavy atom. The highest BCUT2D eigenvalue weighted by Gasteiger charge is 2.41. The van der Waals surface area contributed by atoms with E-state index in [1.165, 1.54) is 0 Å². The Balaban J connectivity index is 1.31. The van der Waals surface area contributed by atoms with Crippen LogP contribution < -0.4 is 15.0 Å². The van der Waals surface area contributed by atoms with Gasteiger partial charge in [-0.25, -0.2) is 0 Å². The number of amides is 3. The normalized spacial score (nSPS) is 17.0. The van der Waals surface area contributed by atoms with Gasteiger partial charge >= 0.3 is 0 Å². The Morgan fingerprint density at radius 2 is 1.80 bits per heavy atom. The molecule has 0 spiro atoms. The molecule has 2 aliphatic heterocycles. The number of fused-ring (bicyclic) bond motifs is 2. The molecule has 3 amide bonds. The van der Waals surface area contributed by atoms with Gasteiger partial charge < -0.3 is 19.9 Å². The molecule has 0 aromatic heterocycles. The number of carbonyl (C=O) groups excluding carboxylic acids is 3. The van der Waals surface area contributed by atoms with Crippen LogP contribution in [0.25, 0.3) is 0 Å². The highest BCUT2D eigenvalue weighted by molar-refractivity contribution is 6.11. The second-order valence-corrected chi connectivity index (χ2v) is 8.83. The van der Waals surface area contributed by atoms with Crippen molar-refractivity contribution in [2.45, 2.75) is 32.0 Å². The number of ether oxygens (including phenoxy) is 1. The van der Waals surface area contributed by atoms with Gasteiger partial charge in [-0.15, -0.1) is 0 Å². The van der Waals surface area contributed by atoms with Gasteiger partial charge in [-0.05, 0) is 60.4 Å². The molecule has 5 rings (SSSR count). The maximum absolute atomic E-state index is 13.4. The topological polar surface area (TPSA) is 79.0 Å². The van der Waals surface area contributed by atoms with E-state index in [0.717, 1.165) is 23.3 Å². The number of hydrogen-bond donors (Lipinski definition) is 1. The summed E-state index contributed by atoms with van der Waals surface area (Å²) in [5.74, 6) is 0.429. The van der Waals surface area contributed by atoms with E-state index >= 15 is 0 Å². The molecule has 0 saturated carbocycles. The molecule has 35 heavy (non-hydrogen) atoms. The zero-order valence-electron chi connectivity index (χ0n) is 19.6. The van der Waals surface area contributed by atoms with Crippen LogP contribution in [-0.4, -0.2) is 42.3 Å². The molecule has 1 unspecified atom stereocenters. The lowest BCUT2D eigenvalue weighted by Gasteiger charge is -2.26. The summed E-state index contributed by atoms with van der Waals surface area (Å²) < 4.78 is 5.23. The second kappa shape index (κ2) is 9.62. The minimum Gasteiger partial charge on any atom is -0.497 e. The van der Waals surface area contributed by atoms with Gasteiger partial charge in [0.2, 0.25) is 5.91 Å². The SMILES string of the molecule is COc1cccc(CNC(=O)c2ccc(CN3C(=O)C4CCCN4C(=O)c4ccccc43)cc2)c1. The van der Waals surface area contributed by atoms with Crippen LogP contribution in [0.3, 0.4) is 0 Å². The van der Waals surface area contributed by atoms with E-state index < -0.39 is 6.04 Å². The molecule has 2 heterocycles. The Bertz CT molecular complexity index is 1270. The summed E-state index contributed by atoms with van der Waals surface area (Å²) in [5, 5.41) is 2.92. The third-order valence-electron chi connectivity index (χ3n) is 6.63. The summed E-state index contributed by atoms with van der Waals surface area (Å²) in [4.78, 5) is 42.6. The minimum atomic E-state index is -0.420. The van der Waals surface area contributed by atoms with Crippen molar-refractivity contribution in [3.63, 3.8) is 0 Å². The lowest BCUT2D eigenvalue weighted by atomic mass is 10.1. The van der Waals surface area contributed by atoms with Gasteiger partial charge in [0.05, 0.1) is 24.9 Å². The van der Waals surface area contributed by atoms with E-state index in [9.17, 15) is 14.4 Å². The zero-order valence-corrected chi connectivity index (χ0v) is 19.6. The minimum absolute atomic E-state index is 0.0547. The standard InChI is InChI=1S/C28H27N3O4/c1-35-22-7-4-6-20(16-22)17-29-26(32)21-13-11-19(12-14-21)18-31-24-9-3-2-8-23(24)27(33)30-15-5-10-25(30)28(31)34/h2-4,6-9,11-14,16,25H,5,10,15,17-18H2,1H3,(H,29,32). The summed E-state index contributed by atoms with van der Waals surface area (Å²) in [7, 11) is 1.61. The first kappa shape index (κ1) is 22.7. The summed E-state index contributed by atoms with van der Waals surface area (Å²) in [6.07, 6.45) is 1.51. The Labute approximate surface area is 204 Å². The average Bonchev–Trinajstić information content (AvgIpc) is 3.37. The smallest absolute Gasteiger partial charge is 0.256 e. The predicted molar refractivity (Wildman–Crippen MR) is 132 cm³/mol. The Kier molecular flexibility index (Phi) is 6.23. The van der Waals surface area contributed by atoms with E-state index in [1.54, 1.807) is 35.1 Å². The lowest BCUT2D eigenvalue weighted by Crippen LogP contribution is -2.44. The molecule has 1 fully saturated rings. The number of anilines is 1. The summed E-state index contributed by atoms with van der Waals surface area (Å²) in [6, 6.07) is 21.7. The molecule has 1 saturated heterocycles. The largest absolute Gasteiger partial charge is 0.497 e. The van der Waals surface area contributed by atoms with Crippen molar-refractivity contribution >= 4 is 23.4 Å². The number of benzene rings is 3. The molecule has 178 valence electrons. The molecular weight excluding hydrogens is 442 g/mol. The van der Waals surface area contributed by atoms with Crippen molar-refractivity contribution in [2.75, 3.05) is 18.6 Å². The fourth-order valence-corrected chi connectivity index (χ4v) is 4.78. The first-order valence-electron chi connectivity index (χ1n) is 11.8. The molecule has 0 aliphatic carbocycles. The number of hydrogen-bond acceptors (Lipinski definition) is 4. The molecular formula is C28H27N3O4. The van der Waals surface area contributed by atoms with Gasteiger partial charge in [0.1, 0.15) is 11.8 Å².